The summed E-state index contributed by atoms with van der Waals surface area (Å²) in [6, 6.07) is 5.34. The van der Waals surface area contributed by atoms with E-state index in [1.165, 1.54) is 25.3 Å². The zero-order valence-electron chi connectivity index (χ0n) is 14.4. The third-order valence-corrected chi connectivity index (χ3v) is 3.56. The molecule has 0 bridgehead atoms. The van der Waals surface area contributed by atoms with Crippen LogP contribution in [-0.4, -0.2) is 24.2 Å². The first kappa shape index (κ1) is 21.2. The summed E-state index contributed by atoms with van der Waals surface area (Å²) in [7, 11) is 1.25. The van der Waals surface area contributed by atoms with E-state index in [4.69, 9.17) is 4.74 Å². The molecule has 0 saturated carbocycles. The number of methoxy groups -OCH3 is 1. The molecule has 2 rings (SSSR count). The van der Waals surface area contributed by atoms with E-state index in [2.05, 4.69) is 10.1 Å². The Morgan fingerprint density at radius 1 is 1.18 bits per heavy atom. The second-order valence-electron chi connectivity index (χ2n) is 5.52. The molecule has 6 nitrogen and oxygen atoms in total. The highest BCUT2D eigenvalue weighted by atomic mass is 19.4. The van der Waals surface area contributed by atoms with Gasteiger partial charge in [0.2, 0.25) is 5.91 Å². The van der Waals surface area contributed by atoms with Gasteiger partial charge in [-0.2, -0.15) is 22.0 Å². The summed E-state index contributed by atoms with van der Waals surface area (Å²) in [5.41, 5.74) is -1.36. The maximum atomic E-state index is 12.7. The summed E-state index contributed by atoms with van der Waals surface area (Å²) in [5, 5.41) is 2.42. The number of ether oxygens (including phenoxy) is 2. The van der Waals surface area contributed by atoms with Crippen molar-refractivity contribution in [3.8, 4) is 11.5 Å². The van der Waals surface area contributed by atoms with Crippen molar-refractivity contribution in [2.75, 3.05) is 7.11 Å². The Kier molecular flexibility index (Phi) is 6.60. The molecule has 1 heterocycles. The fourth-order valence-electron chi connectivity index (χ4n) is 2.25. The standard InChI is InChI=1S/C17H15F5N2O4/c1-27-13-6-10(2-4-12(13)28-16(18)19)7-23-14(25)9-24-8-11(17(20,21)22)3-5-15(24)26/h2-6,8,16H,7,9H2,1H3,(H,23,25). The van der Waals surface area contributed by atoms with Gasteiger partial charge in [0.15, 0.2) is 11.5 Å². The predicted octanol–water partition coefficient (Wildman–Crippen LogP) is 2.79. The van der Waals surface area contributed by atoms with E-state index in [1.54, 1.807) is 0 Å². The second kappa shape index (κ2) is 8.72. The largest absolute Gasteiger partial charge is 0.493 e. The highest BCUT2D eigenvalue weighted by Crippen LogP contribution is 2.29. The van der Waals surface area contributed by atoms with Gasteiger partial charge in [-0.15, -0.1) is 0 Å². The molecule has 0 spiro atoms. The first-order chi connectivity index (χ1) is 13.1. The normalized spacial score (nSPS) is 11.4. The van der Waals surface area contributed by atoms with Crippen molar-refractivity contribution in [3.63, 3.8) is 0 Å². The van der Waals surface area contributed by atoms with Gasteiger partial charge in [0.05, 0.1) is 12.7 Å². The number of hydrogen-bond acceptors (Lipinski definition) is 4. The highest BCUT2D eigenvalue weighted by molar-refractivity contribution is 5.75. The molecule has 28 heavy (non-hydrogen) atoms. The van der Waals surface area contributed by atoms with Crippen LogP contribution in [0.5, 0.6) is 11.5 Å². The van der Waals surface area contributed by atoms with Gasteiger partial charge in [0, 0.05) is 18.8 Å². The number of aromatic nitrogens is 1. The van der Waals surface area contributed by atoms with Crippen molar-refractivity contribution in [3.05, 3.63) is 58.0 Å². The Balaban J connectivity index is 2.04. The minimum atomic E-state index is -4.65. The van der Waals surface area contributed by atoms with Crippen molar-refractivity contribution in [1.82, 2.24) is 9.88 Å². The van der Waals surface area contributed by atoms with Crippen LogP contribution < -0.4 is 20.3 Å². The molecule has 0 aliphatic heterocycles. The molecular formula is C17H15F5N2O4. The average Bonchev–Trinajstić information content (AvgIpc) is 2.61. The van der Waals surface area contributed by atoms with Crippen molar-refractivity contribution in [2.45, 2.75) is 25.9 Å². The lowest BCUT2D eigenvalue weighted by atomic mass is 10.2. The fourth-order valence-corrected chi connectivity index (χ4v) is 2.25. The summed E-state index contributed by atoms with van der Waals surface area (Å²) in [4.78, 5) is 23.6. The monoisotopic (exact) mass is 406 g/mol. The molecule has 1 amide bonds. The summed E-state index contributed by atoms with van der Waals surface area (Å²) in [5.74, 6) is -0.891. The van der Waals surface area contributed by atoms with Crippen molar-refractivity contribution in [1.29, 1.82) is 0 Å². The number of carbonyl (C=O) groups excluding carboxylic acids is 1. The van der Waals surface area contributed by atoms with E-state index in [0.29, 0.717) is 22.4 Å². The van der Waals surface area contributed by atoms with Gasteiger partial charge < -0.3 is 19.4 Å². The lowest BCUT2D eigenvalue weighted by molar-refractivity contribution is -0.138. The number of alkyl halides is 5. The Bertz CT molecular complexity index is 896. The topological polar surface area (TPSA) is 69.6 Å². The molecule has 1 aromatic carbocycles. The molecule has 0 unspecified atom stereocenters. The molecule has 0 aliphatic rings. The molecule has 1 aromatic heterocycles. The van der Waals surface area contributed by atoms with E-state index >= 15 is 0 Å². The molecule has 0 aliphatic carbocycles. The number of nitrogens with zero attached hydrogens (tertiary/aromatic N) is 1. The van der Waals surface area contributed by atoms with Crippen LogP contribution in [0.15, 0.2) is 41.3 Å². The van der Waals surface area contributed by atoms with E-state index in [9.17, 15) is 31.5 Å². The predicted molar refractivity (Wildman–Crippen MR) is 87.2 cm³/mol. The number of amides is 1. The van der Waals surface area contributed by atoms with Crippen LogP contribution in [0, 0.1) is 0 Å². The SMILES string of the molecule is COc1cc(CNC(=O)Cn2cc(C(F)(F)F)ccc2=O)ccc1OC(F)F. The van der Waals surface area contributed by atoms with Crippen LogP contribution >= 0.6 is 0 Å². The number of rotatable bonds is 7. The first-order valence-corrected chi connectivity index (χ1v) is 7.76. The quantitative estimate of drug-likeness (QED) is 0.718. The lowest BCUT2D eigenvalue weighted by Crippen LogP contribution is -2.32. The Labute approximate surface area is 155 Å². The van der Waals surface area contributed by atoms with Gasteiger partial charge in [0.25, 0.3) is 5.56 Å². The zero-order valence-corrected chi connectivity index (χ0v) is 14.4. The van der Waals surface area contributed by atoms with E-state index < -0.39 is 36.4 Å². The molecule has 11 heteroatoms. The van der Waals surface area contributed by atoms with Crippen molar-refractivity contribution >= 4 is 5.91 Å². The van der Waals surface area contributed by atoms with Gasteiger partial charge in [-0.25, -0.2) is 0 Å². The maximum Gasteiger partial charge on any atom is 0.417 e. The third kappa shape index (κ3) is 5.69. The molecule has 152 valence electrons. The van der Waals surface area contributed by atoms with Crippen LogP contribution in [-0.2, 0) is 24.1 Å². The number of hydrogen-bond donors (Lipinski definition) is 1. The molecule has 2 aromatic rings. The Morgan fingerprint density at radius 3 is 2.50 bits per heavy atom. The fraction of sp³-hybridized carbons (Fsp3) is 0.294. The van der Waals surface area contributed by atoms with Gasteiger partial charge in [-0.3, -0.25) is 9.59 Å². The average molecular weight is 406 g/mol. The number of carbonyl (C=O) groups is 1. The molecule has 1 N–H and O–H groups in total. The minimum Gasteiger partial charge on any atom is -0.493 e. The number of benzene rings is 1. The van der Waals surface area contributed by atoms with E-state index in [0.717, 1.165) is 6.07 Å². The molecule has 0 atom stereocenters. The van der Waals surface area contributed by atoms with Crippen LogP contribution in [0.3, 0.4) is 0 Å². The minimum absolute atomic E-state index is 0.0150. The highest BCUT2D eigenvalue weighted by Gasteiger charge is 2.31. The molecule has 0 saturated heterocycles. The zero-order chi connectivity index (χ0) is 20.9. The van der Waals surface area contributed by atoms with Crippen molar-refractivity contribution < 1.29 is 36.2 Å². The van der Waals surface area contributed by atoms with Crippen LogP contribution in [0.1, 0.15) is 11.1 Å². The second-order valence-corrected chi connectivity index (χ2v) is 5.52. The summed E-state index contributed by atoms with van der Waals surface area (Å²) >= 11 is 0. The Morgan fingerprint density at radius 2 is 1.89 bits per heavy atom. The van der Waals surface area contributed by atoms with Gasteiger partial charge in [-0.1, -0.05) is 6.07 Å². The van der Waals surface area contributed by atoms with Crippen LogP contribution in [0.2, 0.25) is 0 Å². The number of pyridine rings is 1. The van der Waals surface area contributed by atoms with E-state index in [-0.39, 0.29) is 18.0 Å². The van der Waals surface area contributed by atoms with Crippen LogP contribution in [0.4, 0.5) is 22.0 Å². The van der Waals surface area contributed by atoms with Gasteiger partial charge in [0.1, 0.15) is 6.54 Å². The molecule has 0 fully saturated rings. The molecular weight excluding hydrogens is 391 g/mol. The third-order valence-electron chi connectivity index (χ3n) is 3.56. The van der Waals surface area contributed by atoms with E-state index in [1.807, 2.05) is 0 Å². The number of halogens is 5. The maximum absolute atomic E-state index is 12.7. The summed E-state index contributed by atoms with van der Waals surface area (Å²) in [6.45, 7) is -3.73. The lowest BCUT2D eigenvalue weighted by Gasteiger charge is -2.13. The number of nitrogens with one attached hydrogen (secondary N) is 1. The summed E-state index contributed by atoms with van der Waals surface area (Å²) < 4.78 is 72.6. The summed E-state index contributed by atoms with van der Waals surface area (Å²) in [6.07, 6.45) is -4.09. The van der Waals surface area contributed by atoms with Crippen molar-refractivity contribution in [2.24, 2.45) is 0 Å². The Hall–Kier alpha value is -3.11. The molecule has 0 radical (unpaired) electrons. The van der Waals surface area contributed by atoms with Gasteiger partial charge >= 0.3 is 12.8 Å². The van der Waals surface area contributed by atoms with Gasteiger partial charge in [-0.05, 0) is 23.8 Å². The smallest absolute Gasteiger partial charge is 0.417 e. The first-order valence-electron chi connectivity index (χ1n) is 7.76. The van der Waals surface area contributed by atoms with Crippen LogP contribution in [0.25, 0.3) is 0 Å².